The number of carbonyl (C=O) groups excluding carboxylic acids is 2. The highest BCUT2D eigenvalue weighted by Gasteiger charge is 2.10. The Morgan fingerprint density at radius 1 is 1.07 bits per heavy atom. The summed E-state index contributed by atoms with van der Waals surface area (Å²) in [6, 6.07) is 14.6. The zero-order valence-corrected chi connectivity index (χ0v) is 15.7. The number of benzene rings is 2. The summed E-state index contributed by atoms with van der Waals surface area (Å²) in [5, 5.41) is 5.76. The summed E-state index contributed by atoms with van der Waals surface area (Å²) >= 11 is 0. The Morgan fingerprint density at radius 3 is 2.55 bits per heavy atom. The fraction of sp³-hybridized carbons (Fsp3) is 0.143. The quantitative estimate of drug-likeness (QED) is 0.598. The first-order chi connectivity index (χ1) is 14.1. The van der Waals surface area contributed by atoms with Crippen LogP contribution < -0.4 is 10.6 Å². The lowest BCUT2D eigenvalue weighted by Gasteiger charge is -2.08. The third-order valence-electron chi connectivity index (χ3n) is 4.12. The second kappa shape index (κ2) is 9.41. The van der Waals surface area contributed by atoms with Crippen molar-refractivity contribution in [2.75, 3.05) is 19.0 Å². The Morgan fingerprint density at radius 2 is 1.83 bits per heavy atom. The van der Waals surface area contributed by atoms with Crippen LogP contribution in [0.4, 0.5) is 15.9 Å². The molecule has 7 nitrogen and oxygen atoms in total. The molecule has 0 aliphatic carbocycles. The molecule has 2 aromatic carbocycles. The van der Waals surface area contributed by atoms with Crippen LogP contribution in [0.25, 0.3) is 0 Å². The Hall–Kier alpha value is -3.81. The Kier molecular flexibility index (Phi) is 6.47. The highest BCUT2D eigenvalue weighted by atomic mass is 19.1. The topological polar surface area (TPSA) is 93.2 Å². The Labute approximate surface area is 167 Å². The van der Waals surface area contributed by atoms with Crippen LogP contribution in [0.15, 0.2) is 60.9 Å². The normalized spacial score (nSPS) is 10.3. The minimum atomic E-state index is -0.423. The number of methoxy groups -OCH3 is 1. The fourth-order valence-corrected chi connectivity index (χ4v) is 2.61. The average Bonchev–Trinajstić information content (AvgIpc) is 2.75. The van der Waals surface area contributed by atoms with Crippen LogP contribution in [0.5, 0.6) is 0 Å². The highest BCUT2D eigenvalue weighted by Crippen LogP contribution is 2.16. The van der Waals surface area contributed by atoms with Gasteiger partial charge in [-0.15, -0.1) is 0 Å². The van der Waals surface area contributed by atoms with Gasteiger partial charge in [0.05, 0.1) is 12.7 Å². The molecule has 29 heavy (non-hydrogen) atoms. The van der Waals surface area contributed by atoms with E-state index < -0.39 is 5.97 Å². The van der Waals surface area contributed by atoms with Gasteiger partial charge in [0, 0.05) is 18.3 Å². The minimum absolute atomic E-state index is 0.183. The number of anilines is 2. The van der Waals surface area contributed by atoms with Crippen molar-refractivity contribution in [3.05, 3.63) is 83.6 Å². The summed E-state index contributed by atoms with van der Waals surface area (Å²) in [6.07, 6.45) is 1.65. The van der Waals surface area contributed by atoms with Crippen LogP contribution in [0.2, 0.25) is 0 Å². The van der Waals surface area contributed by atoms with Gasteiger partial charge < -0.3 is 15.4 Å². The number of amides is 1. The number of halogens is 1. The van der Waals surface area contributed by atoms with Crippen molar-refractivity contribution in [1.29, 1.82) is 0 Å². The molecule has 0 bridgehead atoms. The van der Waals surface area contributed by atoms with Crippen molar-refractivity contribution >= 4 is 23.4 Å². The molecular formula is C21H19FN4O3. The molecule has 8 heteroatoms. The molecule has 0 radical (unpaired) electrons. The highest BCUT2D eigenvalue weighted by molar-refractivity contribution is 5.93. The standard InChI is InChI=1S/C21H19FN4O3/c1-29-21(28)15-6-8-16(9-7-15)26-19-12-18(24-13-25-19)20(27)23-11-10-14-4-2-3-5-17(14)22/h2-9,12-13H,10-11H2,1H3,(H,23,27)(H,24,25,26). The molecule has 3 aromatic rings. The number of nitrogens with zero attached hydrogens (tertiary/aromatic N) is 2. The van der Waals surface area contributed by atoms with E-state index in [-0.39, 0.29) is 24.0 Å². The maximum atomic E-state index is 13.6. The molecule has 1 amide bonds. The molecule has 0 unspecified atom stereocenters. The molecule has 0 saturated carbocycles. The van der Waals surface area contributed by atoms with Gasteiger partial charge in [-0.1, -0.05) is 18.2 Å². The average molecular weight is 394 g/mol. The summed E-state index contributed by atoms with van der Waals surface area (Å²) in [4.78, 5) is 31.8. The van der Waals surface area contributed by atoms with Crippen molar-refractivity contribution in [1.82, 2.24) is 15.3 Å². The van der Waals surface area contributed by atoms with Gasteiger partial charge in [-0.2, -0.15) is 0 Å². The van der Waals surface area contributed by atoms with E-state index in [1.54, 1.807) is 42.5 Å². The second-order valence-corrected chi connectivity index (χ2v) is 6.08. The number of nitrogens with one attached hydrogen (secondary N) is 2. The van der Waals surface area contributed by atoms with E-state index in [9.17, 15) is 14.0 Å². The van der Waals surface area contributed by atoms with Crippen molar-refractivity contribution in [3.8, 4) is 0 Å². The SMILES string of the molecule is COC(=O)c1ccc(Nc2cc(C(=O)NCCc3ccccc3F)ncn2)cc1. The van der Waals surface area contributed by atoms with Gasteiger partial charge in [0.1, 0.15) is 23.7 Å². The zero-order valence-electron chi connectivity index (χ0n) is 15.7. The van der Waals surface area contributed by atoms with Crippen molar-refractivity contribution < 1.29 is 18.7 Å². The molecule has 1 heterocycles. The van der Waals surface area contributed by atoms with E-state index >= 15 is 0 Å². The molecule has 2 N–H and O–H groups in total. The third kappa shape index (κ3) is 5.35. The number of hydrogen-bond acceptors (Lipinski definition) is 6. The smallest absolute Gasteiger partial charge is 0.337 e. The van der Waals surface area contributed by atoms with Crippen LogP contribution in [0.3, 0.4) is 0 Å². The first-order valence-electron chi connectivity index (χ1n) is 8.86. The molecular weight excluding hydrogens is 375 g/mol. The summed E-state index contributed by atoms with van der Waals surface area (Å²) in [5.74, 6) is -0.681. The van der Waals surface area contributed by atoms with Gasteiger partial charge >= 0.3 is 5.97 Å². The molecule has 0 aliphatic rings. The number of carbonyl (C=O) groups is 2. The third-order valence-corrected chi connectivity index (χ3v) is 4.12. The number of aromatic nitrogens is 2. The molecule has 0 spiro atoms. The molecule has 1 aromatic heterocycles. The molecule has 0 saturated heterocycles. The number of hydrogen-bond donors (Lipinski definition) is 2. The van der Waals surface area contributed by atoms with Crippen molar-refractivity contribution in [3.63, 3.8) is 0 Å². The van der Waals surface area contributed by atoms with Gasteiger partial charge in [-0.25, -0.2) is 19.2 Å². The van der Waals surface area contributed by atoms with E-state index in [0.717, 1.165) is 0 Å². The van der Waals surface area contributed by atoms with Gasteiger partial charge in [-0.05, 0) is 42.3 Å². The van der Waals surface area contributed by atoms with E-state index in [2.05, 4.69) is 25.3 Å². The molecule has 148 valence electrons. The molecule has 3 rings (SSSR count). The summed E-state index contributed by atoms with van der Waals surface area (Å²) < 4.78 is 18.3. The maximum Gasteiger partial charge on any atom is 0.337 e. The largest absolute Gasteiger partial charge is 0.465 e. The first-order valence-corrected chi connectivity index (χ1v) is 8.86. The van der Waals surface area contributed by atoms with E-state index in [4.69, 9.17) is 0 Å². The van der Waals surface area contributed by atoms with Crippen molar-refractivity contribution in [2.24, 2.45) is 0 Å². The predicted octanol–water partition coefficient (Wildman–Crippen LogP) is 3.12. The van der Waals surface area contributed by atoms with Crippen LogP contribution in [-0.2, 0) is 11.2 Å². The lowest BCUT2D eigenvalue weighted by atomic mass is 10.1. The van der Waals surface area contributed by atoms with Crippen LogP contribution in [0.1, 0.15) is 26.4 Å². The monoisotopic (exact) mass is 394 g/mol. The molecule has 0 atom stereocenters. The van der Waals surface area contributed by atoms with Crippen molar-refractivity contribution in [2.45, 2.75) is 6.42 Å². The number of rotatable bonds is 7. The fourth-order valence-electron chi connectivity index (χ4n) is 2.61. The van der Waals surface area contributed by atoms with E-state index in [0.29, 0.717) is 29.1 Å². The Bertz CT molecular complexity index is 1010. The summed E-state index contributed by atoms with van der Waals surface area (Å²) in [6.45, 7) is 0.279. The van der Waals surface area contributed by atoms with Crippen LogP contribution in [0, 0.1) is 5.82 Å². The first kappa shape index (κ1) is 19.9. The van der Waals surface area contributed by atoms with E-state index in [1.807, 2.05) is 0 Å². The maximum absolute atomic E-state index is 13.6. The van der Waals surface area contributed by atoms with Gasteiger partial charge in [0.15, 0.2) is 0 Å². The second-order valence-electron chi connectivity index (χ2n) is 6.08. The van der Waals surface area contributed by atoms with Gasteiger partial charge in [0.2, 0.25) is 0 Å². The van der Waals surface area contributed by atoms with Crippen LogP contribution >= 0.6 is 0 Å². The minimum Gasteiger partial charge on any atom is -0.465 e. The lowest BCUT2D eigenvalue weighted by molar-refractivity contribution is 0.0600. The molecule has 0 fully saturated rings. The lowest BCUT2D eigenvalue weighted by Crippen LogP contribution is -2.26. The predicted molar refractivity (Wildman–Crippen MR) is 106 cm³/mol. The Balaban J connectivity index is 1.59. The summed E-state index contributed by atoms with van der Waals surface area (Å²) in [7, 11) is 1.32. The van der Waals surface area contributed by atoms with Gasteiger partial charge in [0.25, 0.3) is 5.91 Å². The van der Waals surface area contributed by atoms with Crippen LogP contribution in [-0.4, -0.2) is 35.5 Å². The summed E-state index contributed by atoms with van der Waals surface area (Å²) in [5.41, 5.74) is 1.83. The number of esters is 1. The number of ether oxygens (including phenoxy) is 1. The van der Waals surface area contributed by atoms with Gasteiger partial charge in [-0.3, -0.25) is 4.79 Å². The molecule has 0 aliphatic heterocycles. The van der Waals surface area contributed by atoms with E-state index in [1.165, 1.54) is 25.6 Å². The zero-order chi connectivity index (χ0) is 20.6.